The molecule has 0 saturated carbocycles. The molecule has 3 aromatic carbocycles. The summed E-state index contributed by atoms with van der Waals surface area (Å²) in [5.41, 5.74) is 3.13. The fourth-order valence-electron chi connectivity index (χ4n) is 4.73. The van der Waals surface area contributed by atoms with Crippen molar-refractivity contribution in [1.82, 2.24) is 14.7 Å². The summed E-state index contributed by atoms with van der Waals surface area (Å²) < 4.78 is 26.5. The Hall–Kier alpha value is -4.66. The molecule has 1 aromatic heterocycles. The molecule has 9 heteroatoms. The van der Waals surface area contributed by atoms with Gasteiger partial charge < -0.3 is 19.3 Å². The van der Waals surface area contributed by atoms with Crippen LogP contribution in [0.2, 0.25) is 0 Å². The molecule has 206 valence electrons. The topological polar surface area (TPSA) is 76.9 Å². The lowest BCUT2D eigenvalue weighted by molar-refractivity contribution is -0.138. The molecule has 0 unspecified atom stereocenters. The first-order valence-electron chi connectivity index (χ1n) is 13.3. The number of hydrogen-bond donors (Lipinski definition) is 0. The van der Waals surface area contributed by atoms with E-state index >= 15 is 0 Å². The molecule has 1 aliphatic rings. The molecule has 1 amide bonds. The standard InChI is InChI=1S/C31H31FN4O4/c1-3-39-31(38)28-21-29(36(33-28)26-9-7-8-24(32)20-26)23-12-14-25(15-13-23)34-16-18-35(19-17-34)30(37)22(2)40-27-10-5-4-6-11-27/h4-15,20-22H,3,16-19H2,1-2H3/t22-/m1/s1. The maximum absolute atomic E-state index is 14.0. The van der Waals surface area contributed by atoms with Crippen LogP contribution in [0.5, 0.6) is 5.75 Å². The lowest BCUT2D eigenvalue weighted by atomic mass is 10.1. The Balaban J connectivity index is 1.28. The van der Waals surface area contributed by atoms with E-state index in [0.29, 0.717) is 43.3 Å². The van der Waals surface area contributed by atoms with Crippen LogP contribution in [0.3, 0.4) is 0 Å². The Labute approximate surface area is 232 Å². The third-order valence-corrected chi connectivity index (χ3v) is 6.77. The molecule has 0 N–H and O–H groups in total. The molecular weight excluding hydrogens is 511 g/mol. The van der Waals surface area contributed by atoms with Gasteiger partial charge in [0, 0.05) is 37.4 Å². The minimum absolute atomic E-state index is 0.0261. The summed E-state index contributed by atoms with van der Waals surface area (Å²) in [6.45, 7) is 6.32. The lowest BCUT2D eigenvalue weighted by Gasteiger charge is -2.37. The second kappa shape index (κ2) is 12.0. The number of nitrogens with zero attached hydrogens (tertiary/aromatic N) is 4. The summed E-state index contributed by atoms with van der Waals surface area (Å²) in [6.07, 6.45) is -0.560. The van der Waals surface area contributed by atoms with Gasteiger partial charge in [0.1, 0.15) is 11.6 Å². The molecule has 4 aromatic rings. The smallest absolute Gasteiger partial charge is 0.358 e. The van der Waals surface area contributed by atoms with Gasteiger partial charge in [0.05, 0.1) is 18.0 Å². The van der Waals surface area contributed by atoms with Gasteiger partial charge in [-0.1, -0.05) is 36.4 Å². The average molecular weight is 543 g/mol. The summed E-state index contributed by atoms with van der Waals surface area (Å²) in [5.74, 6) is -0.283. The van der Waals surface area contributed by atoms with Crippen LogP contribution < -0.4 is 9.64 Å². The number of para-hydroxylation sites is 1. The van der Waals surface area contributed by atoms with Gasteiger partial charge in [0.15, 0.2) is 11.8 Å². The number of anilines is 1. The van der Waals surface area contributed by atoms with Gasteiger partial charge in [-0.25, -0.2) is 13.9 Å². The number of hydrogen-bond acceptors (Lipinski definition) is 6. The summed E-state index contributed by atoms with van der Waals surface area (Å²) in [4.78, 5) is 29.4. The molecule has 5 rings (SSSR count). The minimum Gasteiger partial charge on any atom is -0.481 e. The van der Waals surface area contributed by atoms with Crippen molar-refractivity contribution in [3.05, 3.63) is 96.4 Å². The van der Waals surface area contributed by atoms with Gasteiger partial charge in [0.2, 0.25) is 0 Å². The highest BCUT2D eigenvalue weighted by atomic mass is 19.1. The second-order valence-electron chi connectivity index (χ2n) is 9.46. The number of piperazine rings is 1. The molecule has 1 aliphatic heterocycles. The minimum atomic E-state index is -0.560. The maximum atomic E-state index is 14.0. The van der Waals surface area contributed by atoms with Crippen molar-refractivity contribution in [3.8, 4) is 22.7 Å². The number of esters is 1. The number of benzene rings is 3. The van der Waals surface area contributed by atoms with Crippen molar-refractivity contribution < 1.29 is 23.5 Å². The maximum Gasteiger partial charge on any atom is 0.358 e. The van der Waals surface area contributed by atoms with E-state index in [4.69, 9.17) is 9.47 Å². The van der Waals surface area contributed by atoms with E-state index in [-0.39, 0.29) is 18.2 Å². The molecule has 1 fully saturated rings. The van der Waals surface area contributed by atoms with Crippen LogP contribution >= 0.6 is 0 Å². The summed E-state index contributed by atoms with van der Waals surface area (Å²) in [7, 11) is 0. The van der Waals surface area contributed by atoms with Crippen LogP contribution in [0.4, 0.5) is 10.1 Å². The highest BCUT2D eigenvalue weighted by Gasteiger charge is 2.26. The average Bonchev–Trinajstić information content (AvgIpc) is 3.44. The Kier molecular flexibility index (Phi) is 8.10. The largest absolute Gasteiger partial charge is 0.481 e. The molecule has 40 heavy (non-hydrogen) atoms. The number of carbonyl (C=O) groups excluding carboxylic acids is 2. The van der Waals surface area contributed by atoms with Crippen LogP contribution in [0.15, 0.2) is 84.9 Å². The number of halogens is 1. The molecule has 1 saturated heterocycles. The molecule has 0 spiro atoms. The van der Waals surface area contributed by atoms with E-state index in [1.165, 1.54) is 12.1 Å². The first-order valence-corrected chi connectivity index (χ1v) is 13.3. The number of amides is 1. The molecule has 1 atom stereocenters. The molecule has 0 bridgehead atoms. The highest BCUT2D eigenvalue weighted by Crippen LogP contribution is 2.28. The van der Waals surface area contributed by atoms with Crippen molar-refractivity contribution in [2.24, 2.45) is 0 Å². The zero-order chi connectivity index (χ0) is 28.1. The SMILES string of the molecule is CCOC(=O)c1cc(-c2ccc(N3CCN(C(=O)[C@@H](C)Oc4ccccc4)CC3)cc2)n(-c2cccc(F)c2)n1. The van der Waals surface area contributed by atoms with E-state index in [1.807, 2.05) is 59.5 Å². The zero-order valence-electron chi connectivity index (χ0n) is 22.5. The van der Waals surface area contributed by atoms with Crippen molar-refractivity contribution in [1.29, 1.82) is 0 Å². The Bertz CT molecular complexity index is 1460. The van der Waals surface area contributed by atoms with Gasteiger partial charge in [-0.15, -0.1) is 0 Å². The van der Waals surface area contributed by atoms with E-state index < -0.39 is 17.9 Å². The van der Waals surface area contributed by atoms with E-state index in [2.05, 4.69) is 10.00 Å². The van der Waals surface area contributed by atoms with Crippen molar-refractivity contribution >= 4 is 17.6 Å². The molecule has 8 nitrogen and oxygen atoms in total. The van der Waals surface area contributed by atoms with Crippen molar-refractivity contribution in [2.45, 2.75) is 20.0 Å². The molecule has 0 aliphatic carbocycles. The third-order valence-electron chi connectivity index (χ3n) is 6.77. The van der Waals surface area contributed by atoms with Crippen molar-refractivity contribution in [2.75, 3.05) is 37.7 Å². The quantitative estimate of drug-likeness (QED) is 0.293. The Morgan fingerprint density at radius 3 is 2.30 bits per heavy atom. The predicted molar refractivity (Wildman–Crippen MR) is 150 cm³/mol. The molecular formula is C31H31FN4O4. The monoisotopic (exact) mass is 542 g/mol. The number of rotatable bonds is 8. The highest BCUT2D eigenvalue weighted by molar-refractivity contribution is 5.89. The van der Waals surface area contributed by atoms with Gasteiger partial charge >= 0.3 is 5.97 Å². The zero-order valence-corrected chi connectivity index (χ0v) is 22.5. The number of aromatic nitrogens is 2. The third kappa shape index (κ3) is 5.98. The van der Waals surface area contributed by atoms with Gasteiger partial charge in [-0.2, -0.15) is 5.10 Å². The van der Waals surface area contributed by atoms with Gasteiger partial charge in [-0.3, -0.25) is 4.79 Å². The van der Waals surface area contributed by atoms with Crippen LogP contribution in [0.25, 0.3) is 16.9 Å². The van der Waals surface area contributed by atoms with Gasteiger partial charge in [-0.05, 0) is 62.4 Å². The van der Waals surface area contributed by atoms with Crippen LogP contribution in [0, 0.1) is 5.82 Å². The first-order chi connectivity index (χ1) is 19.4. The van der Waals surface area contributed by atoms with E-state index in [1.54, 1.807) is 36.7 Å². The predicted octanol–water partition coefficient (Wildman–Crippen LogP) is 4.97. The number of carbonyl (C=O) groups is 2. The summed E-state index contributed by atoms with van der Waals surface area (Å²) >= 11 is 0. The molecule has 2 heterocycles. The normalized spacial score (nSPS) is 14.1. The van der Waals surface area contributed by atoms with Crippen LogP contribution in [0.1, 0.15) is 24.3 Å². The number of ether oxygens (including phenoxy) is 2. The molecule has 0 radical (unpaired) electrons. The van der Waals surface area contributed by atoms with Crippen LogP contribution in [-0.4, -0.2) is 65.4 Å². The Morgan fingerprint density at radius 1 is 0.900 bits per heavy atom. The fraction of sp³-hybridized carbons (Fsp3) is 0.258. The van der Waals surface area contributed by atoms with E-state index in [9.17, 15) is 14.0 Å². The lowest BCUT2D eigenvalue weighted by Crippen LogP contribution is -2.52. The fourth-order valence-corrected chi connectivity index (χ4v) is 4.73. The first kappa shape index (κ1) is 26.9. The summed E-state index contributed by atoms with van der Waals surface area (Å²) in [6, 6.07) is 25.0. The Morgan fingerprint density at radius 2 is 1.62 bits per heavy atom. The van der Waals surface area contributed by atoms with Crippen molar-refractivity contribution in [3.63, 3.8) is 0 Å². The summed E-state index contributed by atoms with van der Waals surface area (Å²) in [5, 5.41) is 4.41. The second-order valence-corrected chi connectivity index (χ2v) is 9.46. The van der Waals surface area contributed by atoms with E-state index in [0.717, 1.165) is 11.3 Å². The van der Waals surface area contributed by atoms with Gasteiger partial charge in [0.25, 0.3) is 5.91 Å². The van der Waals surface area contributed by atoms with Crippen LogP contribution in [-0.2, 0) is 9.53 Å².